The lowest BCUT2D eigenvalue weighted by molar-refractivity contribution is -0.0371. The number of carbonyl (C=O) groups excluding carboxylic acids is 1. The highest BCUT2D eigenvalue weighted by atomic mass is 16.7. The van der Waals surface area contributed by atoms with E-state index in [4.69, 9.17) is 24.3 Å². The minimum absolute atomic E-state index is 0.00881. The van der Waals surface area contributed by atoms with Crippen molar-refractivity contribution in [2.75, 3.05) is 33.6 Å². The summed E-state index contributed by atoms with van der Waals surface area (Å²) in [6.45, 7) is 12.6. The molecule has 1 N–H and O–H groups in total. The molecule has 1 aromatic carbocycles. The zero-order chi connectivity index (χ0) is 27.1. The summed E-state index contributed by atoms with van der Waals surface area (Å²) >= 11 is 0. The van der Waals surface area contributed by atoms with Crippen molar-refractivity contribution in [1.29, 1.82) is 0 Å². The molecule has 2 aliphatic rings. The molecule has 5 rings (SSSR count). The molecule has 0 aliphatic carbocycles. The highest BCUT2D eigenvalue weighted by Gasteiger charge is 2.41. The Bertz CT molecular complexity index is 1310. The molecule has 4 heterocycles. The van der Waals surface area contributed by atoms with E-state index < -0.39 is 0 Å². The second-order valence-electron chi connectivity index (χ2n) is 11.6. The molecular weight excluding hydrogens is 482 g/mol. The van der Waals surface area contributed by atoms with E-state index in [1.807, 2.05) is 46.8 Å². The number of pyridine rings is 1. The molecule has 0 bridgehead atoms. The van der Waals surface area contributed by atoms with Crippen LogP contribution < -0.4 is 10.1 Å². The van der Waals surface area contributed by atoms with Gasteiger partial charge in [0.15, 0.2) is 18.7 Å². The smallest absolute Gasteiger partial charge is 0.255 e. The molecule has 2 aromatic heterocycles. The normalized spacial score (nSPS) is 21.0. The number of nitrogens with one attached hydrogen (secondary N) is 1. The average molecular weight is 522 g/mol. The van der Waals surface area contributed by atoms with Crippen molar-refractivity contribution in [3.63, 3.8) is 0 Å². The van der Waals surface area contributed by atoms with Gasteiger partial charge in [-0.1, -0.05) is 0 Å². The van der Waals surface area contributed by atoms with E-state index in [1.165, 1.54) is 0 Å². The van der Waals surface area contributed by atoms with E-state index in [9.17, 15) is 4.79 Å². The number of aromatic nitrogens is 3. The minimum atomic E-state index is -0.348. The van der Waals surface area contributed by atoms with Crippen molar-refractivity contribution in [2.24, 2.45) is 0 Å². The quantitative estimate of drug-likeness (QED) is 0.471. The third-order valence-corrected chi connectivity index (χ3v) is 7.52. The van der Waals surface area contributed by atoms with Crippen LogP contribution in [0.4, 0.5) is 0 Å². The van der Waals surface area contributed by atoms with Crippen LogP contribution in [-0.2, 0) is 9.47 Å². The molecule has 1 unspecified atom stereocenters. The molecule has 0 radical (unpaired) electrons. The van der Waals surface area contributed by atoms with Gasteiger partial charge in [0, 0.05) is 37.9 Å². The Labute approximate surface area is 224 Å². The van der Waals surface area contributed by atoms with Gasteiger partial charge in [0.2, 0.25) is 0 Å². The number of methoxy groups -OCH3 is 1. The summed E-state index contributed by atoms with van der Waals surface area (Å²) in [7, 11) is 1.59. The van der Waals surface area contributed by atoms with Crippen LogP contribution in [0.1, 0.15) is 69.2 Å². The fourth-order valence-electron chi connectivity index (χ4n) is 5.30. The van der Waals surface area contributed by atoms with Crippen LogP contribution in [0.2, 0.25) is 0 Å². The molecule has 1 amide bonds. The number of ether oxygens (including phenoxy) is 3. The Balaban J connectivity index is 1.65. The van der Waals surface area contributed by atoms with Crippen molar-refractivity contribution in [2.45, 2.75) is 71.2 Å². The van der Waals surface area contributed by atoms with Crippen LogP contribution >= 0.6 is 0 Å². The maximum Gasteiger partial charge on any atom is 0.255 e. The average Bonchev–Trinajstić information content (AvgIpc) is 3.25. The third-order valence-electron chi connectivity index (χ3n) is 7.52. The lowest BCUT2D eigenvalue weighted by atomic mass is 9.90. The molecular formula is C29H39N5O4. The Kier molecular flexibility index (Phi) is 7.19. The van der Waals surface area contributed by atoms with Crippen molar-refractivity contribution < 1.29 is 19.0 Å². The summed E-state index contributed by atoms with van der Waals surface area (Å²) in [5.41, 5.74) is 3.15. The highest BCUT2D eigenvalue weighted by Crippen LogP contribution is 2.34. The summed E-state index contributed by atoms with van der Waals surface area (Å²) < 4.78 is 18.5. The molecule has 2 aliphatic heterocycles. The number of aryl methyl sites for hydroxylation is 1. The van der Waals surface area contributed by atoms with Gasteiger partial charge in [-0.25, -0.2) is 9.67 Å². The van der Waals surface area contributed by atoms with Gasteiger partial charge in [0.25, 0.3) is 5.91 Å². The van der Waals surface area contributed by atoms with Crippen molar-refractivity contribution in [1.82, 2.24) is 25.0 Å². The molecule has 38 heavy (non-hydrogen) atoms. The second-order valence-corrected chi connectivity index (χ2v) is 11.6. The molecule has 9 heteroatoms. The van der Waals surface area contributed by atoms with Crippen molar-refractivity contribution in [3.05, 3.63) is 41.6 Å². The first-order valence-electron chi connectivity index (χ1n) is 13.4. The fraction of sp³-hybridized carbons (Fsp3) is 0.552. The van der Waals surface area contributed by atoms with Crippen LogP contribution in [0, 0.1) is 6.92 Å². The maximum atomic E-state index is 14.4. The summed E-state index contributed by atoms with van der Waals surface area (Å²) in [5.74, 6) is 0.694. The van der Waals surface area contributed by atoms with E-state index in [1.54, 1.807) is 7.11 Å². The summed E-state index contributed by atoms with van der Waals surface area (Å²) in [6.07, 6.45) is 2.80. The van der Waals surface area contributed by atoms with Gasteiger partial charge in [-0.15, -0.1) is 0 Å². The van der Waals surface area contributed by atoms with Crippen LogP contribution in [0.25, 0.3) is 22.3 Å². The number of benzene rings is 1. The molecule has 1 atom stereocenters. The van der Waals surface area contributed by atoms with Gasteiger partial charge in [0.1, 0.15) is 5.75 Å². The van der Waals surface area contributed by atoms with Gasteiger partial charge in [-0.2, -0.15) is 5.10 Å². The Morgan fingerprint density at radius 1 is 1.18 bits per heavy atom. The number of hydrogen-bond acceptors (Lipinski definition) is 7. The van der Waals surface area contributed by atoms with Crippen LogP contribution in [-0.4, -0.2) is 70.2 Å². The summed E-state index contributed by atoms with van der Waals surface area (Å²) in [5, 5.41) is 9.23. The molecule has 9 nitrogen and oxygen atoms in total. The van der Waals surface area contributed by atoms with Gasteiger partial charge >= 0.3 is 0 Å². The second kappa shape index (κ2) is 10.3. The Morgan fingerprint density at radius 2 is 1.95 bits per heavy atom. The fourth-order valence-corrected chi connectivity index (χ4v) is 5.30. The van der Waals surface area contributed by atoms with Crippen molar-refractivity contribution >= 4 is 16.9 Å². The first-order valence-corrected chi connectivity index (χ1v) is 13.4. The van der Waals surface area contributed by atoms with E-state index in [2.05, 4.69) is 33.0 Å². The van der Waals surface area contributed by atoms with E-state index >= 15 is 0 Å². The van der Waals surface area contributed by atoms with Crippen LogP contribution in [0.5, 0.6) is 5.75 Å². The molecule has 204 valence electrons. The number of amides is 1. The third kappa shape index (κ3) is 5.15. The van der Waals surface area contributed by atoms with E-state index in [0.717, 1.165) is 35.9 Å². The Morgan fingerprint density at radius 3 is 2.63 bits per heavy atom. The molecule has 2 saturated heterocycles. The predicted molar refractivity (Wildman–Crippen MR) is 146 cm³/mol. The number of piperazine rings is 1. The topological polar surface area (TPSA) is 90.7 Å². The molecule has 2 fully saturated rings. The van der Waals surface area contributed by atoms with Gasteiger partial charge < -0.3 is 24.4 Å². The van der Waals surface area contributed by atoms with E-state index in [0.29, 0.717) is 42.4 Å². The van der Waals surface area contributed by atoms with Gasteiger partial charge in [-0.05, 0) is 84.2 Å². The monoisotopic (exact) mass is 521 g/mol. The standard InChI is InChI=1S/C29H39N5O4/c1-19-25-22(27(35)33-17-28(2,3)30-16-29(33,4)5)15-23(20-10-12-21(13-11-20)38-18-36-6)31-26(25)34(32-19)24-9-7-8-14-37-24/h10-13,15,24,30H,7-9,14,16-18H2,1-6H3. The first kappa shape index (κ1) is 26.6. The lowest BCUT2D eigenvalue weighted by Crippen LogP contribution is -2.67. The van der Waals surface area contributed by atoms with Gasteiger partial charge in [0.05, 0.1) is 27.9 Å². The van der Waals surface area contributed by atoms with Crippen LogP contribution in [0.15, 0.2) is 30.3 Å². The number of rotatable bonds is 6. The number of carbonyl (C=O) groups is 1. The SMILES string of the molecule is COCOc1ccc(-c2cc(C(=O)N3CC(C)(C)NCC3(C)C)c3c(C)nn(C4CCCCO4)c3n2)cc1. The Hall–Kier alpha value is -3.01. The molecule has 0 spiro atoms. The largest absolute Gasteiger partial charge is 0.468 e. The van der Waals surface area contributed by atoms with E-state index in [-0.39, 0.29) is 30.0 Å². The summed E-state index contributed by atoms with van der Waals surface area (Å²) in [6, 6.07) is 9.60. The first-order chi connectivity index (χ1) is 18.1. The minimum Gasteiger partial charge on any atom is -0.468 e. The van der Waals surface area contributed by atoms with Gasteiger partial charge in [-0.3, -0.25) is 4.79 Å². The van der Waals surface area contributed by atoms with Crippen LogP contribution in [0.3, 0.4) is 0 Å². The number of fused-ring (bicyclic) bond motifs is 1. The number of nitrogens with zero attached hydrogens (tertiary/aromatic N) is 4. The maximum absolute atomic E-state index is 14.4. The lowest BCUT2D eigenvalue weighted by Gasteiger charge is -2.49. The molecule has 3 aromatic rings. The zero-order valence-electron chi connectivity index (χ0n) is 23.3. The predicted octanol–water partition coefficient (Wildman–Crippen LogP) is 4.69. The number of hydrogen-bond donors (Lipinski definition) is 1. The molecule has 0 saturated carbocycles. The van der Waals surface area contributed by atoms with Crippen molar-refractivity contribution in [3.8, 4) is 17.0 Å². The highest BCUT2D eigenvalue weighted by molar-refractivity contribution is 6.08. The zero-order valence-corrected chi connectivity index (χ0v) is 23.3. The summed E-state index contributed by atoms with van der Waals surface area (Å²) in [4.78, 5) is 21.4.